The summed E-state index contributed by atoms with van der Waals surface area (Å²) < 4.78 is 12.5. The number of amides is 1. The lowest BCUT2D eigenvalue weighted by Gasteiger charge is -2.15. The third-order valence-corrected chi connectivity index (χ3v) is 4.54. The Balaban J connectivity index is 1.57. The number of aryl methyl sites for hydroxylation is 1. The van der Waals surface area contributed by atoms with E-state index in [-0.39, 0.29) is 12.5 Å². The Morgan fingerprint density at radius 3 is 2.68 bits per heavy atom. The summed E-state index contributed by atoms with van der Waals surface area (Å²) >= 11 is 1.29. The molecule has 0 bridgehead atoms. The maximum atomic E-state index is 12.3. The molecule has 130 valence electrons. The molecule has 0 aliphatic rings. The molecule has 3 aromatic rings. The maximum absolute atomic E-state index is 12.3. The van der Waals surface area contributed by atoms with Crippen LogP contribution in [-0.2, 0) is 16.1 Å². The Morgan fingerprint density at radius 1 is 1.24 bits per heavy atom. The molecule has 3 aromatic heterocycles. The number of carbonyl (C=O) groups is 2. The van der Waals surface area contributed by atoms with Crippen molar-refractivity contribution in [1.29, 1.82) is 0 Å². The van der Waals surface area contributed by atoms with Crippen LogP contribution in [0.15, 0.2) is 52.5 Å². The van der Waals surface area contributed by atoms with E-state index in [4.69, 9.17) is 9.15 Å². The summed E-state index contributed by atoms with van der Waals surface area (Å²) in [7, 11) is 1.64. The van der Waals surface area contributed by atoms with Gasteiger partial charge < -0.3 is 18.6 Å². The number of hydrogen-bond acceptors (Lipinski definition) is 5. The molecular formula is C18H18N2O4S. The van der Waals surface area contributed by atoms with E-state index >= 15 is 0 Å². The van der Waals surface area contributed by atoms with Gasteiger partial charge in [0.1, 0.15) is 16.4 Å². The first kappa shape index (κ1) is 17.0. The van der Waals surface area contributed by atoms with E-state index in [1.54, 1.807) is 7.05 Å². The molecule has 1 amide bonds. The van der Waals surface area contributed by atoms with E-state index in [9.17, 15) is 9.59 Å². The maximum Gasteiger partial charge on any atom is 0.350 e. The molecule has 25 heavy (non-hydrogen) atoms. The summed E-state index contributed by atoms with van der Waals surface area (Å²) in [6.07, 6.45) is 3.70. The van der Waals surface area contributed by atoms with Gasteiger partial charge in [-0.2, -0.15) is 0 Å². The molecule has 0 aliphatic heterocycles. The van der Waals surface area contributed by atoms with Crippen molar-refractivity contribution in [2.75, 3.05) is 13.7 Å². The van der Waals surface area contributed by atoms with Crippen molar-refractivity contribution in [2.24, 2.45) is 0 Å². The van der Waals surface area contributed by atoms with Crippen molar-refractivity contribution < 1.29 is 18.7 Å². The number of ether oxygens (including phenoxy) is 1. The predicted octanol–water partition coefficient (Wildman–Crippen LogP) is 3.26. The van der Waals surface area contributed by atoms with Gasteiger partial charge >= 0.3 is 5.97 Å². The second-order valence-corrected chi connectivity index (χ2v) is 6.48. The molecule has 0 radical (unpaired) electrons. The molecule has 3 heterocycles. The highest BCUT2D eigenvalue weighted by Crippen LogP contribution is 2.22. The Bertz CT molecular complexity index is 863. The van der Waals surface area contributed by atoms with E-state index in [0.717, 1.165) is 11.4 Å². The van der Waals surface area contributed by atoms with Gasteiger partial charge in [0.05, 0.1) is 12.2 Å². The number of likely N-dealkylation sites (N-methyl/N-ethyl adjacent to an activating group) is 1. The highest BCUT2D eigenvalue weighted by atomic mass is 32.1. The van der Waals surface area contributed by atoms with Crippen molar-refractivity contribution in [1.82, 2.24) is 9.47 Å². The van der Waals surface area contributed by atoms with Gasteiger partial charge in [-0.15, -0.1) is 11.3 Å². The van der Waals surface area contributed by atoms with E-state index in [2.05, 4.69) is 0 Å². The van der Waals surface area contributed by atoms with Crippen LogP contribution in [0.25, 0.3) is 5.69 Å². The van der Waals surface area contributed by atoms with Gasteiger partial charge in [-0.1, -0.05) is 0 Å². The van der Waals surface area contributed by atoms with Crippen LogP contribution in [0.3, 0.4) is 0 Å². The summed E-state index contributed by atoms with van der Waals surface area (Å²) in [5.74, 6) is 0.682. The van der Waals surface area contributed by atoms with Gasteiger partial charge in [0.25, 0.3) is 5.91 Å². The number of hydrogen-bond donors (Lipinski definition) is 0. The number of furan rings is 1. The van der Waals surface area contributed by atoms with Gasteiger partial charge in [-0.3, -0.25) is 4.79 Å². The van der Waals surface area contributed by atoms with Crippen LogP contribution in [0.1, 0.15) is 21.2 Å². The van der Waals surface area contributed by atoms with E-state index in [0.29, 0.717) is 17.2 Å². The molecule has 0 aromatic carbocycles. The van der Waals surface area contributed by atoms with Crippen LogP contribution >= 0.6 is 11.3 Å². The predicted molar refractivity (Wildman–Crippen MR) is 93.8 cm³/mol. The van der Waals surface area contributed by atoms with Crippen LogP contribution in [-0.4, -0.2) is 35.0 Å². The van der Waals surface area contributed by atoms with Crippen molar-refractivity contribution in [3.63, 3.8) is 0 Å². The Hall–Kier alpha value is -2.80. The summed E-state index contributed by atoms with van der Waals surface area (Å²) in [5, 5.41) is 1.82. The average Bonchev–Trinajstić information content (AvgIpc) is 3.32. The van der Waals surface area contributed by atoms with Crippen LogP contribution < -0.4 is 0 Å². The molecule has 0 N–H and O–H groups in total. The molecule has 7 heteroatoms. The van der Waals surface area contributed by atoms with Gasteiger partial charge in [0.2, 0.25) is 0 Å². The van der Waals surface area contributed by atoms with Crippen molar-refractivity contribution in [2.45, 2.75) is 13.5 Å². The van der Waals surface area contributed by atoms with Crippen LogP contribution in [0, 0.1) is 6.92 Å². The standard InChI is InChI=1S/C18H18N2O4S/c1-13-5-6-14(24-13)11-19(2)16(21)12-23-18(22)17-15(7-10-25-17)20-8-3-4-9-20/h3-10H,11-12H2,1-2H3. The van der Waals surface area contributed by atoms with Crippen LogP contribution in [0.5, 0.6) is 0 Å². The number of thiophene rings is 1. The van der Waals surface area contributed by atoms with Crippen molar-refractivity contribution in [3.8, 4) is 5.69 Å². The fourth-order valence-electron chi connectivity index (χ4n) is 2.35. The normalized spacial score (nSPS) is 10.6. The Morgan fingerprint density at radius 2 is 2.00 bits per heavy atom. The monoisotopic (exact) mass is 358 g/mol. The first-order valence-electron chi connectivity index (χ1n) is 7.72. The minimum atomic E-state index is -0.505. The highest BCUT2D eigenvalue weighted by molar-refractivity contribution is 7.12. The molecular weight excluding hydrogens is 340 g/mol. The third-order valence-electron chi connectivity index (χ3n) is 3.65. The highest BCUT2D eigenvalue weighted by Gasteiger charge is 2.19. The summed E-state index contributed by atoms with van der Waals surface area (Å²) in [5.41, 5.74) is 0.742. The molecule has 0 atom stereocenters. The van der Waals surface area contributed by atoms with E-state index in [1.165, 1.54) is 16.2 Å². The summed E-state index contributed by atoms with van der Waals surface area (Å²) in [6.45, 7) is 1.87. The van der Waals surface area contributed by atoms with E-state index < -0.39 is 5.97 Å². The topological polar surface area (TPSA) is 64.7 Å². The van der Waals surface area contributed by atoms with Crippen molar-refractivity contribution in [3.05, 3.63) is 64.5 Å². The smallest absolute Gasteiger partial charge is 0.350 e. The minimum Gasteiger partial charge on any atom is -0.464 e. The van der Waals surface area contributed by atoms with Crippen molar-refractivity contribution >= 4 is 23.2 Å². The second-order valence-electron chi connectivity index (χ2n) is 5.56. The number of esters is 1. The quantitative estimate of drug-likeness (QED) is 0.635. The average molecular weight is 358 g/mol. The van der Waals surface area contributed by atoms with Gasteiger partial charge in [0.15, 0.2) is 6.61 Å². The van der Waals surface area contributed by atoms with Gasteiger partial charge in [0, 0.05) is 19.4 Å². The van der Waals surface area contributed by atoms with Crippen LogP contribution in [0.4, 0.5) is 0 Å². The lowest BCUT2D eigenvalue weighted by molar-refractivity contribution is -0.133. The number of carbonyl (C=O) groups excluding carboxylic acids is 2. The van der Waals surface area contributed by atoms with Gasteiger partial charge in [-0.25, -0.2) is 4.79 Å². The third kappa shape index (κ3) is 4.00. The lowest BCUT2D eigenvalue weighted by Crippen LogP contribution is -2.30. The number of aromatic nitrogens is 1. The Labute approximate surface area is 149 Å². The molecule has 0 saturated heterocycles. The fraction of sp³-hybridized carbons (Fsp3) is 0.222. The Kier molecular flexibility index (Phi) is 5.04. The van der Waals surface area contributed by atoms with Crippen LogP contribution in [0.2, 0.25) is 0 Å². The lowest BCUT2D eigenvalue weighted by atomic mass is 10.4. The second kappa shape index (κ2) is 7.40. The van der Waals surface area contributed by atoms with Gasteiger partial charge in [-0.05, 0) is 42.6 Å². The zero-order valence-electron chi connectivity index (χ0n) is 14.0. The van der Waals surface area contributed by atoms with E-state index in [1.807, 2.05) is 59.6 Å². The first-order chi connectivity index (χ1) is 12.0. The first-order valence-corrected chi connectivity index (χ1v) is 8.60. The number of nitrogens with zero attached hydrogens (tertiary/aromatic N) is 2. The molecule has 0 aliphatic carbocycles. The molecule has 0 spiro atoms. The largest absolute Gasteiger partial charge is 0.464 e. The molecule has 0 unspecified atom stereocenters. The SMILES string of the molecule is Cc1ccc(CN(C)C(=O)COC(=O)c2sccc2-n2cccc2)o1. The number of rotatable bonds is 6. The zero-order chi connectivity index (χ0) is 17.8. The molecule has 0 fully saturated rings. The molecule has 0 saturated carbocycles. The zero-order valence-corrected chi connectivity index (χ0v) is 14.8. The minimum absolute atomic E-state index is 0.290. The summed E-state index contributed by atoms with van der Waals surface area (Å²) in [4.78, 5) is 26.4. The summed E-state index contributed by atoms with van der Waals surface area (Å²) in [6, 6.07) is 9.26. The fourth-order valence-corrected chi connectivity index (χ4v) is 3.13. The molecule has 6 nitrogen and oxygen atoms in total. The molecule has 3 rings (SSSR count).